The minimum absolute atomic E-state index is 0.209. The number of piperazine rings is 1. The third-order valence-electron chi connectivity index (χ3n) is 3.97. The van der Waals surface area contributed by atoms with Crippen LogP contribution < -0.4 is 5.32 Å². The van der Waals surface area contributed by atoms with E-state index < -0.39 is 5.60 Å². The summed E-state index contributed by atoms with van der Waals surface area (Å²) in [5, 5.41) is 4.96. The first kappa shape index (κ1) is 17.0. The number of halogens is 1. The second kappa shape index (κ2) is 6.57. The van der Waals surface area contributed by atoms with Gasteiger partial charge in [0.25, 0.3) is 0 Å². The molecule has 1 N–H and O–H groups in total. The van der Waals surface area contributed by atoms with Crippen LogP contribution >= 0.6 is 11.6 Å². The molecule has 1 saturated heterocycles. The fourth-order valence-electron chi connectivity index (χ4n) is 2.96. The van der Waals surface area contributed by atoms with Gasteiger partial charge in [-0.1, -0.05) is 23.7 Å². The fraction of sp³-hybridized carbons (Fsp3) is 0.444. The first-order valence-electron chi connectivity index (χ1n) is 8.10. The second-order valence-corrected chi connectivity index (χ2v) is 7.34. The number of nitrogens with zero attached hydrogens (tertiary/aromatic N) is 2. The van der Waals surface area contributed by atoms with E-state index in [1.807, 2.05) is 45.0 Å². The lowest BCUT2D eigenvalue weighted by Crippen LogP contribution is -2.50. The van der Waals surface area contributed by atoms with Crippen LogP contribution in [0.5, 0.6) is 0 Å². The monoisotopic (exact) mass is 347 g/mol. The number of aromatic nitrogens is 1. The Balaban J connectivity index is 2.03. The average Bonchev–Trinajstić information content (AvgIpc) is 2.53. The molecule has 1 amide bonds. The largest absolute Gasteiger partial charge is 0.444 e. The van der Waals surface area contributed by atoms with Gasteiger partial charge in [-0.3, -0.25) is 9.88 Å². The highest BCUT2D eigenvalue weighted by Crippen LogP contribution is 2.34. The van der Waals surface area contributed by atoms with Crippen LogP contribution in [0.3, 0.4) is 0 Å². The zero-order valence-corrected chi connectivity index (χ0v) is 14.9. The molecule has 0 saturated carbocycles. The highest BCUT2D eigenvalue weighted by atomic mass is 35.5. The normalized spacial score (nSPS) is 18.7. The van der Waals surface area contributed by atoms with Crippen molar-refractivity contribution in [2.24, 2.45) is 0 Å². The molecule has 3 rings (SSSR count). The van der Waals surface area contributed by atoms with Crippen molar-refractivity contribution < 1.29 is 9.53 Å². The summed E-state index contributed by atoms with van der Waals surface area (Å²) in [5.41, 5.74) is 1.16. The highest BCUT2D eigenvalue weighted by molar-refractivity contribution is 6.32. The summed E-state index contributed by atoms with van der Waals surface area (Å²) in [6.07, 6.45) is 1.42. The van der Waals surface area contributed by atoms with Crippen LogP contribution in [0, 0.1) is 0 Å². The Kier molecular flexibility index (Phi) is 4.65. The maximum absolute atomic E-state index is 12.7. The van der Waals surface area contributed by atoms with Crippen molar-refractivity contribution in [1.82, 2.24) is 15.2 Å². The summed E-state index contributed by atoms with van der Waals surface area (Å²) in [5.74, 6) is 0. The van der Waals surface area contributed by atoms with Gasteiger partial charge >= 0.3 is 6.09 Å². The van der Waals surface area contributed by atoms with Crippen molar-refractivity contribution in [3.05, 3.63) is 41.0 Å². The number of carbonyl (C=O) groups excluding carboxylic acids is 1. The van der Waals surface area contributed by atoms with Crippen LogP contribution in [0.1, 0.15) is 32.4 Å². The molecule has 0 radical (unpaired) electrons. The van der Waals surface area contributed by atoms with Crippen LogP contribution in [0.25, 0.3) is 10.9 Å². The molecular weight excluding hydrogens is 326 g/mol. The predicted molar refractivity (Wildman–Crippen MR) is 95.3 cm³/mol. The molecule has 0 aliphatic carbocycles. The number of nitrogens with one attached hydrogen (secondary N) is 1. The van der Waals surface area contributed by atoms with Gasteiger partial charge in [-0.25, -0.2) is 4.79 Å². The number of carbonyl (C=O) groups is 1. The Hall–Kier alpha value is -1.85. The second-order valence-electron chi connectivity index (χ2n) is 6.93. The Morgan fingerprint density at radius 2 is 2.17 bits per heavy atom. The highest BCUT2D eigenvalue weighted by Gasteiger charge is 2.33. The van der Waals surface area contributed by atoms with Crippen LogP contribution in [-0.4, -0.2) is 41.2 Å². The van der Waals surface area contributed by atoms with E-state index in [0.29, 0.717) is 18.1 Å². The summed E-state index contributed by atoms with van der Waals surface area (Å²) >= 11 is 6.49. The van der Waals surface area contributed by atoms with E-state index in [4.69, 9.17) is 16.3 Å². The lowest BCUT2D eigenvalue weighted by atomic mass is 10.00. The molecule has 2 heterocycles. The fourth-order valence-corrected chi connectivity index (χ4v) is 3.24. The first-order chi connectivity index (χ1) is 11.4. The molecule has 0 bridgehead atoms. The zero-order chi connectivity index (χ0) is 17.3. The molecule has 1 aliphatic rings. The third-order valence-corrected chi connectivity index (χ3v) is 4.29. The summed E-state index contributed by atoms with van der Waals surface area (Å²) in [6, 6.07) is 7.49. The van der Waals surface area contributed by atoms with Crippen molar-refractivity contribution in [3.63, 3.8) is 0 Å². The Morgan fingerprint density at radius 3 is 2.92 bits per heavy atom. The van der Waals surface area contributed by atoms with Crippen LogP contribution in [0.4, 0.5) is 4.79 Å². The molecular formula is C18H22ClN3O2. The Bertz CT molecular complexity index is 758. The van der Waals surface area contributed by atoms with E-state index in [-0.39, 0.29) is 12.1 Å². The maximum atomic E-state index is 12.7. The molecule has 2 aromatic rings. The van der Waals surface area contributed by atoms with Gasteiger partial charge in [0, 0.05) is 41.8 Å². The third kappa shape index (κ3) is 3.47. The quantitative estimate of drug-likeness (QED) is 0.853. The smallest absolute Gasteiger partial charge is 0.410 e. The standard InChI is InChI=1S/C18H22ClN3O2/c1-18(2,3)24-17(23)22-10-9-20-11-14(22)15-13(19)7-6-12-5-4-8-21-16(12)15/h4-8,14,20H,9-11H2,1-3H3. The molecule has 5 nitrogen and oxygen atoms in total. The first-order valence-corrected chi connectivity index (χ1v) is 8.48. The summed E-state index contributed by atoms with van der Waals surface area (Å²) < 4.78 is 5.58. The maximum Gasteiger partial charge on any atom is 0.410 e. The lowest BCUT2D eigenvalue weighted by Gasteiger charge is -2.37. The van der Waals surface area contributed by atoms with Gasteiger partial charge in [0.05, 0.1) is 11.6 Å². The molecule has 1 aromatic carbocycles. The van der Waals surface area contributed by atoms with Gasteiger partial charge in [-0.15, -0.1) is 0 Å². The Labute approximate surface area is 146 Å². The van der Waals surface area contributed by atoms with Crippen LogP contribution in [0.15, 0.2) is 30.5 Å². The number of fused-ring (bicyclic) bond motifs is 1. The van der Waals surface area contributed by atoms with Crippen LogP contribution in [-0.2, 0) is 4.74 Å². The van der Waals surface area contributed by atoms with Crippen molar-refractivity contribution in [2.45, 2.75) is 32.4 Å². The molecule has 1 fully saturated rings. The number of hydrogen-bond acceptors (Lipinski definition) is 4. The number of ether oxygens (including phenoxy) is 1. The number of rotatable bonds is 1. The minimum Gasteiger partial charge on any atom is -0.444 e. The van der Waals surface area contributed by atoms with Gasteiger partial charge < -0.3 is 10.1 Å². The topological polar surface area (TPSA) is 54.5 Å². The van der Waals surface area contributed by atoms with Crippen LogP contribution in [0.2, 0.25) is 5.02 Å². The minimum atomic E-state index is -0.534. The van der Waals surface area contributed by atoms with E-state index in [9.17, 15) is 4.79 Å². The van der Waals surface area contributed by atoms with Gasteiger partial charge in [-0.2, -0.15) is 0 Å². The number of pyridine rings is 1. The molecule has 128 valence electrons. The summed E-state index contributed by atoms with van der Waals surface area (Å²) in [4.78, 5) is 18.9. The Morgan fingerprint density at radius 1 is 1.38 bits per heavy atom. The zero-order valence-electron chi connectivity index (χ0n) is 14.2. The van der Waals surface area contributed by atoms with E-state index in [1.54, 1.807) is 11.1 Å². The molecule has 1 aromatic heterocycles. The molecule has 1 aliphatic heterocycles. The predicted octanol–water partition coefficient (Wildman–Crippen LogP) is 3.77. The molecule has 1 atom stereocenters. The van der Waals surface area contributed by atoms with Crippen molar-refractivity contribution in [2.75, 3.05) is 19.6 Å². The van der Waals surface area contributed by atoms with Crippen molar-refractivity contribution in [1.29, 1.82) is 0 Å². The summed E-state index contributed by atoms with van der Waals surface area (Å²) in [6.45, 7) is 7.52. The van der Waals surface area contributed by atoms with E-state index >= 15 is 0 Å². The van der Waals surface area contributed by atoms with Crippen molar-refractivity contribution in [3.8, 4) is 0 Å². The summed E-state index contributed by atoms with van der Waals surface area (Å²) in [7, 11) is 0. The van der Waals surface area contributed by atoms with E-state index in [2.05, 4.69) is 10.3 Å². The van der Waals surface area contributed by atoms with Gasteiger partial charge in [0.1, 0.15) is 5.60 Å². The number of hydrogen-bond donors (Lipinski definition) is 1. The van der Waals surface area contributed by atoms with Gasteiger partial charge in [0.15, 0.2) is 0 Å². The molecule has 1 unspecified atom stereocenters. The molecule has 0 spiro atoms. The molecule has 6 heteroatoms. The number of benzene rings is 1. The van der Waals surface area contributed by atoms with Crippen molar-refractivity contribution >= 4 is 28.6 Å². The molecule has 24 heavy (non-hydrogen) atoms. The van der Waals surface area contributed by atoms with Gasteiger partial charge in [-0.05, 0) is 32.9 Å². The SMILES string of the molecule is CC(C)(C)OC(=O)N1CCNCC1c1c(Cl)ccc2cccnc12. The lowest BCUT2D eigenvalue weighted by molar-refractivity contribution is 0.0119. The average molecular weight is 348 g/mol. The van der Waals surface area contributed by atoms with Gasteiger partial charge in [0.2, 0.25) is 0 Å². The number of amides is 1. The van der Waals surface area contributed by atoms with E-state index in [0.717, 1.165) is 23.0 Å². The van der Waals surface area contributed by atoms with E-state index in [1.165, 1.54) is 0 Å².